The third kappa shape index (κ3) is 5.08. The van der Waals surface area contributed by atoms with Gasteiger partial charge in [-0.05, 0) is 23.8 Å². The van der Waals surface area contributed by atoms with Gasteiger partial charge in [0, 0.05) is 25.0 Å². The van der Waals surface area contributed by atoms with E-state index >= 15 is 0 Å². The summed E-state index contributed by atoms with van der Waals surface area (Å²) in [5.41, 5.74) is 1.00. The summed E-state index contributed by atoms with van der Waals surface area (Å²) >= 11 is 5.81. The Labute approximate surface area is 141 Å². The molecule has 0 aliphatic rings. The fraction of sp³-hybridized carbons (Fsp3) is 0.235. The zero-order valence-electron chi connectivity index (χ0n) is 12.8. The second kappa shape index (κ2) is 7.62. The molecule has 0 atom stereocenters. The molecule has 0 aliphatic heterocycles. The number of sulfone groups is 1. The molecule has 1 amide bonds. The van der Waals surface area contributed by atoms with Gasteiger partial charge in [-0.2, -0.15) is 0 Å². The molecule has 2 aromatic rings. The van der Waals surface area contributed by atoms with Crippen molar-refractivity contribution in [1.82, 2.24) is 4.90 Å². The van der Waals surface area contributed by atoms with Crippen LogP contribution in [0.4, 0.5) is 0 Å². The normalized spacial score (nSPS) is 11.2. The largest absolute Gasteiger partial charge is 0.341 e. The van der Waals surface area contributed by atoms with Gasteiger partial charge in [0.1, 0.15) is 0 Å². The minimum absolute atomic E-state index is 0.0574. The van der Waals surface area contributed by atoms with Crippen LogP contribution in [0.1, 0.15) is 12.0 Å². The summed E-state index contributed by atoms with van der Waals surface area (Å²) in [4.78, 5) is 13.8. The maximum atomic E-state index is 12.2. The van der Waals surface area contributed by atoms with E-state index in [-0.39, 0.29) is 23.0 Å². The second-order valence-corrected chi connectivity index (χ2v) is 7.81. The first-order valence-electron chi connectivity index (χ1n) is 7.15. The number of halogens is 1. The molecule has 2 aromatic carbocycles. The lowest BCUT2D eigenvalue weighted by atomic mass is 10.2. The number of rotatable bonds is 6. The van der Waals surface area contributed by atoms with Crippen molar-refractivity contribution in [2.45, 2.75) is 17.9 Å². The molecule has 0 N–H and O–H groups in total. The standard InChI is InChI=1S/C17H18ClNO3S/c1-19(13-14-6-3-2-4-7-14)17(20)10-11-23(21,22)16-9-5-8-15(18)12-16/h2-9,12H,10-11,13H2,1H3. The number of carbonyl (C=O) groups excluding carboxylic acids is 1. The minimum atomic E-state index is -3.52. The fourth-order valence-electron chi connectivity index (χ4n) is 2.14. The molecule has 122 valence electrons. The van der Waals surface area contributed by atoms with Crippen LogP contribution in [0.25, 0.3) is 0 Å². The summed E-state index contributed by atoms with van der Waals surface area (Å²) in [6, 6.07) is 15.6. The molecule has 0 aromatic heterocycles. The summed E-state index contributed by atoms with van der Waals surface area (Å²) < 4.78 is 24.5. The zero-order chi connectivity index (χ0) is 16.9. The average molecular weight is 352 g/mol. The predicted octanol–water partition coefficient (Wildman–Crippen LogP) is 3.16. The Kier molecular flexibility index (Phi) is 5.80. The summed E-state index contributed by atoms with van der Waals surface area (Å²) in [6.07, 6.45) is -0.0574. The molecule has 4 nitrogen and oxygen atoms in total. The number of amides is 1. The van der Waals surface area contributed by atoms with Gasteiger partial charge in [-0.25, -0.2) is 8.42 Å². The zero-order valence-corrected chi connectivity index (χ0v) is 14.3. The van der Waals surface area contributed by atoms with Crippen molar-refractivity contribution in [1.29, 1.82) is 0 Å². The molecule has 0 saturated carbocycles. The van der Waals surface area contributed by atoms with Gasteiger partial charge in [-0.3, -0.25) is 4.79 Å². The molecule has 0 bridgehead atoms. The Hall–Kier alpha value is -1.85. The van der Waals surface area contributed by atoms with Crippen LogP contribution in [-0.4, -0.2) is 32.0 Å². The lowest BCUT2D eigenvalue weighted by Crippen LogP contribution is -2.28. The average Bonchev–Trinajstić information content (AvgIpc) is 2.53. The fourth-order valence-corrected chi connectivity index (χ4v) is 3.66. The quantitative estimate of drug-likeness (QED) is 0.803. The number of hydrogen-bond donors (Lipinski definition) is 0. The van der Waals surface area contributed by atoms with Crippen LogP contribution in [0.2, 0.25) is 5.02 Å². The number of benzene rings is 2. The van der Waals surface area contributed by atoms with Gasteiger partial charge < -0.3 is 4.90 Å². The number of nitrogens with zero attached hydrogens (tertiary/aromatic N) is 1. The molecule has 23 heavy (non-hydrogen) atoms. The summed E-state index contributed by atoms with van der Waals surface area (Å²) in [5.74, 6) is -0.440. The van der Waals surface area contributed by atoms with E-state index in [1.165, 1.54) is 17.0 Å². The molecule has 0 saturated heterocycles. The highest BCUT2D eigenvalue weighted by molar-refractivity contribution is 7.91. The Morgan fingerprint density at radius 1 is 1.09 bits per heavy atom. The summed E-state index contributed by atoms with van der Waals surface area (Å²) in [6.45, 7) is 0.455. The molecule has 0 unspecified atom stereocenters. The van der Waals surface area contributed by atoms with Crippen molar-refractivity contribution in [3.05, 3.63) is 65.2 Å². The maximum Gasteiger partial charge on any atom is 0.223 e. The predicted molar refractivity (Wildman–Crippen MR) is 91.0 cm³/mol. The van der Waals surface area contributed by atoms with Gasteiger partial charge in [0.2, 0.25) is 5.91 Å². The molecule has 0 fully saturated rings. The molecule has 2 rings (SSSR count). The molecule has 0 heterocycles. The van der Waals surface area contributed by atoms with Gasteiger partial charge in [0.15, 0.2) is 9.84 Å². The Balaban J connectivity index is 1.95. The lowest BCUT2D eigenvalue weighted by Gasteiger charge is -2.17. The van der Waals surface area contributed by atoms with Gasteiger partial charge >= 0.3 is 0 Å². The summed E-state index contributed by atoms with van der Waals surface area (Å²) in [7, 11) is -1.85. The van der Waals surface area contributed by atoms with Gasteiger partial charge in [-0.1, -0.05) is 48.0 Å². The van der Waals surface area contributed by atoms with E-state index in [4.69, 9.17) is 11.6 Å². The highest BCUT2D eigenvalue weighted by Gasteiger charge is 2.18. The second-order valence-electron chi connectivity index (χ2n) is 5.26. The van der Waals surface area contributed by atoms with Crippen molar-refractivity contribution in [2.75, 3.05) is 12.8 Å². The van der Waals surface area contributed by atoms with Crippen LogP contribution in [0.5, 0.6) is 0 Å². The van der Waals surface area contributed by atoms with E-state index in [2.05, 4.69) is 0 Å². The lowest BCUT2D eigenvalue weighted by molar-refractivity contribution is -0.130. The van der Waals surface area contributed by atoms with E-state index in [0.29, 0.717) is 11.6 Å². The van der Waals surface area contributed by atoms with Gasteiger partial charge in [0.05, 0.1) is 10.6 Å². The third-order valence-electron chi connectivity index (χ3n) is 3.43. The number of carbonyl (C=O) groups is 1. The molecule has 0 aliphatic carbocycles. The summed E-state index contributed by atoms with van der Waals surface area (Å²) in [5, 5.41) is 0.360. The Morgan fingerprint density at radius 3 is 2.43 bits per heavy atom. The van der Waals surface area contributed by atoms with Crippen molar-refractivity contribution >= 4 is 27.3 Å². The van der Waals surface area contributed by atoms with E-state index in [1.807, 2.05) is 30.3 Å². The van der Waals surface area contributed by atoms with Gasteiger partial charge in [0.25, 0.3) is 0 Å². The van der Waals surface area contributed by atoms with Crippen LogP contribution in [0.15, 0.2) is 59.5 Å². The SMILES string of the molecule is CN(Cc1ccccc1)C(=O)CCS(=O)(=O)c1cccc(Cl)c1. The topological polar surface area (TPSA) is 54.5 Å². The van der Waals surface area contributed by atoms with Crippen LogP contribution < -0.4 is 0 Å². The highest BCUT2D eigenvalue weighted by atomic mass is 35.5. The monoisotopic (exact) mass is 351 g/mol. The van der Waals surface area contributed by atoms with E-state index in [0.717, 1.165) is 5.56 Å². The first kappa shape index (κ1) is 17.5. The third-order valence-corrected chi connectivity index (χ3v) is 5.38. The van der Waals surface area contributed by atoms with Crippen molar-refractivity contribution in [3.63, 3.8) is 0 Å². The maximum absolute atomic E-state index is 12.2. The van der Waals surface area contributed by atoms with Crippen LogP contribution in [0, 0.1) is 0 Å². The Morgan fingerprint density at radius 2 is 1.78 bits per heavy atom. The van der Waals surface area contributed by atoms with E-state index < -0.39 is 9.84 Å². The van der Waals surface area contributed by atoms with Crippen LogP contribution in [-0.2, 0) is 21.2 Å². The van der Waals surface area contributed by atoms with E-state index in [9.17, 15) is 13.2 Å². The molecule has 0 radical (unpaired) electrons. The van der Waals surface area contributed by atoms with Crippen molar-refractivity contribution < 1.29 is 13.2 Å². The van der Waals surface area contributed by atoms with Crippen molar-refractivity contribution in [2.24, 2.45) is 0 Å². The number of hydrogen-bond acceptors (Lipinski definition) is 3. The van der Waals surface area contributed by atoms with Crippen molar-refractivity contribution in [3.8, 4) is 0 Å². The molecular formula is C17H18ClNO3S. The molecule has 0 spiro atoms. The minimum Gasteiger partial charge on any atom is -0.341 e. The first-order chi connectivity index (χ1) is 10.9. The first-order valence-corrected chi connectivity index (χ1v) is 9.18. The van der Waals surface area contributed by atoms with Crippen LogP contribution >= 0.6 is 11.6 Å². The van der Waals surface area contributed by atoms with E-state index in [1.54, 1.807) is 19.2 Å². The van der Waals surface area contributed by atoms with Crippen LogP contribution in [0.3, 0.4) is 0 Å². The highest BCUT2D eigenvalue weighted by Crippen LogP contribution is 2.17. The Bertz CT molecular complexity index is 775. The van der Waals surface area contributed by atoms with Gasteiger partial charge in [-0.15, -0.1) is 0 Å². The smallest absolute Gasteiger partial charge is 0.223 e. The molecule has 6 heteroatoms. The molecular weight excluding hydrogens is 334 g/mol.